The van der Waals surface area contributed by atoms with Gasteiger partial charge in [-0.1, -0.05) is 58.9 Å². The lowest BCUT2D eigenvalue weighted by Gasteiger charge is -2.09. The second-order valence-electron chi connectivity index (χ2n) is 5.88. The van der Waals surface area contributed by atoms with Gasteiger partial charge in [-0.2, -0.15) is 0 Å². The molecule has 2 aromatic carbocycles. The van der Waals surface area contributed by atoms with E-state index in [9.17, 15) is 4.79 Å². The van der Waals surface area contributed by atoms with Crippen molar-refractivity contribution in [1.82, 2.24) is 10.2 Å². The van der Waals surface area contributed by atoms with Crippen molar-refractivity contribution in [2.24, 2.45) is 0 Å². The summed E-state index contributed by atoms with van der Waals surface area (Å²) in [6, 6.07) is 13.9. The van der Waals surface area contributed by atoms with Crippen LogP contribution in [0.1, 0.15) is 16.7 Å². The number of nitrogens with one attached hydrogen (secondary N) is 1. The fraction of sp³-hybridized carbons (Fsp3) is 0.211. The number of nitrogens with zero attached hydrogens (tertiary/aromatic N) is 2. The number of hydrogen-bond acceptors (Lipinski definition) is 5. The minimum absolute atomic E-state index is 0.0661. The van der Waals surface area contributed by atoms with E-state index in [4.69, 9.17) is 4.74 Å². The van der Waals surface area contributed by atoms with Gasteiger partial charge in [0.15, 0.2) is 6.61 Å². The number of anilines is 1. The van der Waals surface area contributed by atoms with E-state index < -0.39 is 0 Å². The number of aromatic nitrogens is 2. The summed E-state index contributed by atoms with van der Waals surface area (Å²) in [5, 5.41) is 12.1. The van der Waals surface area contributed by atoms with Gasteiger partial charge in [-0.3, -0.25) is 10.1 Å². The molecule has 0 saturated carbocycles. The van der Waals surface area contributed by atoms with Gasteiger partial charge in [0, 0.05) is 5.56 Å². The van der Waals surface area contributed by atoms with Crippen molar-refractivity contribution in [3.8, 4) is 16.3 Å². The van der Waals surface area contributed by atoms with Crippen LogP contribution in [0.15, 0.2) is 42.5 Å². The maximum Gasteiger partial charge on any atom is 0.264 e. The van der Waals surface area contributed by atoms with Crippen molar-refractivity contribution in [2.75, 3.05) is 11.9 Å². The molecule has 0 aliphatic heterocycles. The molecule has 0 aliphatic rings. The van der Waals surface area contributed by atoms with E-state index in [0.717, 1.165) is 21.7 Å². The second kappa shape index (κ2) is 7.44. The van der Waals surface area contributed by atoms with Crippen molar-refractivity contribution in [2.45, 2.75) is 20.8 Å². The highest BCUT2D eigenvalue weighted by Crippen LogP contribution is 2.26. The predicted molar refractivity (Wildman–Crippen MR) is 100 cm³/mol. The molecule has 0 fully saturated rings. The lowest BCUT2D eigenvalue weighted by Crippen LogP contribution is -2.20. The molecule has 1 amide bonds. The summed E-state index contributed by atoms with van der Waals surface area (Å²) in [4.78, 5) is 12.1. The third-order valence-corrected chi connectivity index (χ3v) is 4.55. The first kappa shape index (κ1) is 17.1. The van der Waals surface area contributed by atoms with Gasteiger partial charge in [-0.15, -0.1) is 10.2 Å². The van der Waals surface area contributed by atoms with Crippen LogP contribution in [-0.4, -0.2) is 22.7 Å². The highest BCUT2D eigenvalue weighted by atomic mass is 32.1. The van der Waals surface area contributed by atoms with E-state index in [0.29, 0.717) is 10.9 Å². The van der Waals surface area contributed by atoms with Crippen LogP contribution in [0.25, 0.3) is 10.6 Å². The summed E-state index contributed by atoms with van der Waals surface area (Å²) >= 11 is 1.34. The van der Waals surface area contributed by atoms with Gasteiger partial charge in [0.25, 0.3) is 5.91 Å². The Bertz CT molecular complexity index is 888. The Morgan fingerprint density at radius 1 is 1.04 bits per heavy atom. The molecule has 0 saturated heterocycles. The van der Waals surface area contributed by atoms with E-state index >= 15 is 0 Å². The maximum absolute atomic E-state index is 12.1. The fourth-order valence-electron chi connectivity index (χ4n) is 2.35. The molecule has 5 nitrogen and oxygen atoms in total. The first-order chi connectivity index (χ1) is 12.0. The molecule has 0 unspecified atom stereocenters. The minimum atomic E-state index is -0.258. The number of aryl methyl sites for hydroxylation is 3. The summed E-state index contributed by atoms with van der Waals surface area (Å²) < 4.78 is 5.57. The van der Waals surface area contributed by atoms with E-state index in [-0.39, 0.29) is 12.5 Å². The molecular weight excluding hydrogens is 334 g/mol. The van der Waals surface area contributed by atoms with E-state index in [1.807, 2.05) is 63.2 Å². The summed E-state index contributed by atoms with van der Waals surface area (Å²) in [5.74, 6) is 0.449. The molecule has 0 spiro atoms. The zero-order chi connectivity index (χ0) is 17.8. The molecule has 0 radical (unpaired) electrons. The lowest BCUT2D eigenvalue weighted by molar-refractivity contribution is -0.118. The molecule has 1 N–H and O–H groups in total. The average molecular weight is 353 g/mol. The fourth-order valence-corrected chi connectivity index (χ4v) is 3.11. The molecular formula is C19H19N3O2S. The first-order valence-corrected chi connectivity index (χ1v) is 8.73. The number of carbonyl (C=O) groups is 1. The lowest BCUT2D eigenvalue weighted by atomic mass is 10.1. The largest absolute Gasteiger partial charge is 0.483 e. The molecule has 128 valence electrons. The van der Waals surface area contributed by atoms with Gasteiger partial charge in [-0.25, -0.2) is 0 Å². The number of ether oxygens (including phenoxy) is 1. The Morgan fingerprint density at radius 3 is 2.48 bits per heavy atom. The minimum Gasteiger partial charge on any atom is -0.483 e. The van der Waals surface area contributed by atoms with E-state index in [1.54, 1.807) is 0 Å². The normalized spacial score (nSPS) is 10.5. The molecule has 25 heavy (non-hydrogen) atoms. The van der Waals surface area contributed by atoms with Gasteiger partial charge in [0.2, 0.25) is 5.13 Å². The van der Waals surface area contributed by atoms with Crippen LogP contribution in [0.5, 0.6) is 5.75 Å². The van der Waals surface area contributed by atoms with Crippen LogP contribution < -0.4 is 10.1 Å². The van der Waals surface area contributed by atoms with Crippen LogP contribution in [0.2, 0.25) is 0 Å². The number of hydrogen-bond donors (Lipinski definition) is 1. The first-order valence-electron chi connectivity index (χ1n) is 7.92. The van der Waals surface area contributed by atoms with Gasteiger partial charge in [0.05, 0.1) is 0 Å². The standard InChI is InChI=1S/C19H19N3O2S/c1-12-4-7-15(8-5-12)18-21-22-19(25-18)20-17(23)11-24-16-9-6-13(2)10-14(16)3/h4-10H,11H2,1-3H3,(H,20,22,23). The molecule has 3 rings (SSSR count). The zero-order valence-corrected chi connectivity index (χ0v) is 15.2. The summed E-state index contributed by atoms with van der Waals surface area (Å²) in [5.41, 5.74) is 4.33. The van der Waals surface area contributed by atoms with Crippen LogP contribution >= 0.6 is 11.3 Å². The monoisotopic (exact) mass is 353 g/mol. The highest BCUT2D eigenvalue weighted by molar-refractivity contribution is 7.18. The third kappa shape index (κ3) is 4.42. The Morgan fingerprint density at radius 2 is 1.76 bits per heavy atom. The van der Waals surface area contributed by atoms with Crippen molar-refractivity contribution in [1.29, 1.82) is 0 Å². The number of rotatable bonds is 5. The second-order valence-corrected chi connectivity index (χ2v) is 6.86. The van der Waals surface area contributed by atoms with Crippen molar-refractivity contribution < 1.29 is 9.53 Å². The van der Waals surface area contributed by atoms with E-state index in [2.05, 4.69) is 15.5 Å². The van der Waals surface area contributed by atoms with Crippen LogP contribution in [0, 0.1) is 20.8 Å². The third-order valence-electron chi connectivity index (χ3n) is 3.66. The van der Waals surface area contributed by atoms with Crippen molar-refractivity contribution in [3.63, 3.8) is 0 Å². The Kier molecular flexibility index (Phi) is 5.09. The summed E-state index contributed by atoms with van der Waals surface area (Å²) in [6.07, 6.45) is 0. The van der Waals surface area contributed by atoms with Crippen LogP contribution in [0.4, 0.5) is 5.13 Å². The Hall–Kier alpha value is -2.73. The van der Waals surface area contributed by atoms with Gasteiger partial charge >= 0.3 is 0 Å². The highest BCUT2D eigenvalue weighted by Gasteiger charge is 2.11. The van der Waals surface area contributed by atoms with Crippen molar-refractivity contribution in [3.05, 3.63) is 59.2 Å². The molecule has 0 aliphatic carbocycles. The maximum atomic E-state index is 12.1. The topological polar surface area (TPSA) is 64.1 Å². The van der Waals surface area contributed by atoms with Crippen LogP contribution in [0.3, 0.4) is 0 Å². The summed E-state index contributed by atoms with van der Waals surface area (Å²) in [6.45, 7) is 5.94. The number of benzene rings is 2. The molecule has 1 aromatic heterocycles. The molecule has 0 atom stereocenters. The molecule has 0 bridgehead atoms. The molecule has 1 heterocycles. The van der Waals surface area contributed by atoms with Crippen LogP contribution in [-0.2, 0) is 4.79 Å². The molecule has 3 aromatic rings. The quantitative estimate of drug-likeness (QED) is 0.748. The van der Waals surface area contributed by atoms with Gasteiger partial charge < -0.3 is 4.74 Å². The predicted octanol–water partition coefficient (Wildman–Crippen LogP) is 4.15. The van der Waals surface area contributed by atoms with Gasteiger partial charge in [-0.05, 0) is 32.4 Å². The Balaban J connectivity index is 1.59. The van der Waals surface area contributed by atoms with Crippen molar-refractivity contribution >= 4 is 22.4 Å². The number of carbonyl (C=O) groups excluding carboxylic acids is 1. The average Bonchev–Trinajstić information content (AvgIpc) is 3.03. The van der Waals surface area contributed by atoms with Gasteiger partial charge in [0.1, 0.15) is 10.8 Å². The zero-order valence-electron chi connectivity index (χ0n) is 14.4. The number of amides is 1. The molecule has 6 heteroatoms. The Labute approximate surface area is 150 Å². The summed E-state index contributed by atoms with van der Waals surface area (Å²) in [7, 11) is 0. The smallest absolute Gasteiger partial charge is 0.264 e. The SMILES string of the molecule is Cc1ccc(-c2nnc(NC(=O)COc3ccc(C)cc3C)s2)cc1. The van der Waals surface area contributed by atoms with E-state index in [1.165, 1.54) is 16.9 Å².